The first-order valence-corrected chi connectivity index (χ1v) is 7.89. The van der Waals surface area contributed by atoms with Crippen LogP contribution < -0.4 is 5.32 Å². The number of hydrogen-bond donors (Lipinski definition) is 1. The van der Waals surface area contributed by atoms with Crippen molar-refractivity contribution in [2.24, 2.45) is 0 Å². The highest BCUT2D eigenvalue weighted by Gasteiger charge is 2.30. The third-order valence-corrected chi connectivity index (χ3v) is 4.03. The van der Waals surface area contributed by atoms with Crippen LogP contribution in [-0.2, 0) is 0 Å². The van der Waals surface area contributed by atoms with E-state index in [-0.39, 0.29) is 5.91 Å². The number of hydrogen-bond acceptors (Lipinski definition) is 3. The van der Waals surface area contributed by atoms with E-state index < -0.39 is 0 Å². The molecule has 1 atom stereocenters. The number of carbonyl (C=O) groups excluding carboxylic acids is 1. The number of nitrogens with one attached hydrogen (secondary N) is 1. The second-order valence-corrected chi connectivity index (χ2v) is 6.21. The molecule has 1 aliphatic rings. The van der Waals surface area contributed by atoms with Gasteiger partial charge in [0.05, 0.1) is 5.56 Å². The van der Waals surface area contributed by atoms with Gasteiger partial charge in [-0.2, -0.15) is 0 Å². The summed E-state index contributed by atoms with van der Waals surface area (Å²) in [5.41, 5.74) is 1.54. The van der Waals surface area contributed by atoms with Crippen molar-refractivity contribution in [1.82, 2.24) is 9.80 Å². The molecule has 0 bridgehead atoms. The fourth-order valence-corrected chi connectivity index (χ4v) is 3.08. The molecule has 2 rings (SSSR count). The maximum absolute atomic E-state index is 12.9. The van der Waals surface area contributed by atoms with Crippen molar-refractivity contribution in [3.05, 3.63) is 28.8 Å². The molecule has 0 saturated carbocycles. The van der Waals surface area contributed by atoms with Crippen molar-refractivity contribution in [2.75, 3.05) is 39.0 Å². The quantitative estimate of drug-likeness (QED) is 0.908. The molecule has 1 saturated heterocycles. The Morgan fingerprint density at radius 1 is 1.48 bits per heavy atom. The highest BCUT2D eigenvalue weighted by Crippen LogP contribution is 2.26. The van der Waals surface area contributed by atoms with E-state index in [1.165, 1.54) is 0 Å². The lowest BCUT2D eigenvalue weighted by atomic mass is 10.1. The normalized spacial score (nSPS) is 18.3. The van der Waals surface area contributed by atoms with Gasteiger partial charge in [-0.15, -0.1) is 0 Å². The second-order valence-electron chi connectivity index (χ2n) is 5.78. The Bertz CT molecular complexity index is 504. The predicted octanol–water partition coefficient (Wildman–Crippen LogP) is 2.94. The number of amides is 1. The van der Waals surface area contributed by atoms with Crippen LogP contribution in [0, 0.1) is 0 Å². The minimum atomic E-state index is 0.0813. The fourth-order valence-electron chi connectivity index (χ4n) is 2.91. The van der Waals surface area contributed by atoms with Gasteiger partial charge in [-0.3, -0.25) is 4.79 Å². The van der Waals surface area contributed by atoms with Gasteiger partial charge in [-0.1, -0.05) is 11.6 Å². The first kappa shape index (κ1) is 16.1. The zero-order valence-corrected chi connectivity index (χ0v) is 13.8. The van der Waals surface area contributed by atoms with Gasteiger partial charge in [0.15, 0.2) is 0 Å². The molecule has 116 valence electrons. The van der Waals surface area contributed by atoms with Gasteiger partial charge in [0, 0.05) is 36.4 Å². The molecule has 0 aromatic heterocycles. The molecule has 1 heterocycles. The van der Waals surface area contributed by atoms with Crippen LogP contribution in [0.15, 0.2) is 18.2 Å². The summed E-state index contributed by atoms with van der Waals surface area (Å²) in [6, 6.07) is 5.77. The van der Waals surface area contributed by atoms with Crippen molar-refractivity contribution in [1.29, 1.82) is 0 Å². The molecule has 1 fully saturated rings. The Kier molecular flexibility index (Phi) is 5.48. The first-order valence-electron chi connectivity index (χ1n) is 7.52. The average Bonchev–Trinajstić information content (AvgIpc) is 2.87. The molecule has 0 radical (unpaired) electrons. The summed E-state index contributed by atoms with van der Waals surface area (Å²) in [7, 11) is 4.09. The zero-order chi connectivity index (χ0) is 15.4. The molecule has 0 spiro atoms. The topological polar surface area (TPSA) is 35.6 Å². The number of anilines is 1. The molecular formula is C16H24ClN3O. The van der Waals surface area contributed by atoms with E-state index in [9.17, 15) is 4.79 Å². The van der Waals surface area contributed by atoms with E-state index in [4.69, 9.17) is 11.6 Å². The van der Waals surface area contributed by atoms with E-state index in [1.54, 1.807) is 6.07 Å². The molecule has 4 nitrogen and oxygen atoms in total. The third kappa shape index (κ3) is 3.89. The Labute approximate surface area is 132 Å². The molecule has 1 amide bonds. The van der Waals surface area contributed by atoms with Crippen LogP contribution in [0.3, 0.4) is 0 Å². The predicted molar refractivity (Wildman–Crippen MR) is 88.2 cm³/mol. The van der Waals surface area contributed by atoms with Crippen LogP contribution in [0.5, 0.6) is 0 Å². The standard InChI is InChI=1S/C16H24ClN3O/c1-4-18-15-8-7-12(17)10-14(15)16(21)20-9-5-6-13(20)11-19(2)3/h7-8,10,13,18H,4-6,9,11H2,1-3H3. The average molecular weight is 310 g/mol. The smallest absolute Gasteiger partial charge is 0.256 e. The first-order chi connectivity index (χ1) is 10.0. The van der Waals surface area contributed by atoms with E-state index >= 15 is 0 Å². The van der Waals surface area contributed by atoms with Gasteiger partial charge >= 0.3 is 0 Å². The number of carbonyl (C=O) groups is 1. The van der Waals surface area contributed by atoms with Crippen LogP contribution in [0.25, 0.3) is 0 Å². The van der Waals surface area contributed by atoms with Gasteiger partial charge < -0.3 is 15.1 Å². The molecule has 1 unspecified atom stereocenters. The van der Waals surface area contributed by atoms with Crippen molar-refractivity contribution in [3.8, 4) is 0 Å². The number of nitrogens with zero attached hydrogens (tertiary/aromatic N) is 2. The number of likely N-dealkylation sites (N-methyl/N-ethyl adjacent to an activating group) is 1. The Morgan fingerprint density at radius 2 is 2.24 bits per heavy atom. The summed E-state index contributed by atoms with van der Waals surface area (Å²) >= 11 is 6.08. The van der Waals surface area contributed by atoms with Crippen LogP contribution in [0.2, 0.25) is 5.02 Å². The highest BCUT2D eigenvalue weighted by molar-refractivity contribution is 6.31. The van der Waals surface area contributed by atoms with Crippen LogP contribution in [0.4, 0.5) is 5.69 Å². The van der Waals surface area contributed by atoms with E-state index in [2.05, 4.69) is 10.2 Å². The molecule has 1 aromatic carbocycles. The van der Waals surface area contributed by atoms with Crippen molar-refractivity contribution < 1.29 is 4.79 Å². The van der Waals surface area contributed by atoms with Crippen molar-refractivity contribution in [3.63, 3.8) is 0 Å². The molecule has 1 aliphatic heterocycles. The second kappa shape index (κ2) is 7.14. The SMILES string of the molecule is CCNc1ccc(Cl)cc1C(=O)N1CCCC1CN(C)C. The molecule has 0 aliphatic carbocycles. The summed E-state index contributed by atoms with van der Waals surface area (Å²) in [6.45, 7) is 4.54. The molecule has 1 aromatic rings. The minimum Gasteiger partial charge on any atom is -0.385 e. The van der Waals surface area contributed by atoms with Crippen molar-refractivity contribution >= 4 is 23.2 Å². The van der Waals surface area contributed by atoms with Gasteiger partial charge in [-0.25, -0.2) is 0 Å². The number of likely N-dealkylation sites (tertiary alicyclic amines) is 1. The highest BCUT2D eigenvalue weighted by atomic mass is 35.5. The van der Waals surface area contributed by atoms with E-state index in [0.29, 0.717) is 16.6 Å². The van der Waals surface area contributed by atoms with Crippen LogP contribution in [0.1, 0.15) is 30.1 Å². The zero-order valence-electron chi connectivity index (χ0n) is 13.0. The minimum absolute atomic E-state index is 0.0813. The van der Waals surface area contributed by atoms with E-state index in [0.717, 1.165) is 38.2 Å². The Morgan fingerprint density at radius 3 is 2.90 bits per heavy atom. The summed E-state index contributed by atoms with van der Waals surface area (Å²) in [6.07, 6.45) is 2.14. The molecule has 1 N–H and O–H groups in total. The van der Waals surface area contributed by atoms with Gasteiger partial charge in [0.1, 0.15) is 0 Å². The maximum atomic E-state index is 12.9. The Hall–Kier alpha value is -1.26. The summed E-state index contributed by atoms with van der Waals surface area (Å²) in [4.78, 5) is 17.0. The van der Waals surface area contributed by atoms with Crippen LogP contribution >= 0.6 is 11.6 Å². The summed E-state index contributed by atoms with van der Waals surface area (Å²) in [5, 5.41) is 3.85. The van der Waals surface area contributed by atoms with Crippen LogP contribution in [-0.4, -0.2) is 55.5 Å². The third-order valence-electron chi connectivity index (χ3n) is 3.79. The van der Waals surface area contributed by atoms with Gasteiger partial charge in [-0.05, 0) is 52.1 Å². The number of benzene rings is 1. The lowest BCUT2D eigenvalue weighted by molar-refractivity contribution is 0.0717. The maximum Gasteiger partial charge on any atom is 0.256 e. The lowest BCUT2D eigenvalue weighted by Gasteiger charge is -2.28. The summed E-state index contributed by atoms with van der Waals surface area (Å²) in [5.74, 6) is 0.0813. The number of halogens is 1. The molecule has 21 heavy (non-hydrogen) atoms. The fraction of sp³-hybridized carbons (Fsp3) is 0.562. The molecular weight excluding hydrogens is 286 g/mol. The van der Waals surface area contributed by atoms with Gasteiger partial charge in [0.25, 0.3) is 5.91 Å². The van der Waals surface area contributed by atoms with Gasteiger partial charge in [0.2, 0.25) is 0 Å². The summed E-state index contributed by atoms with van der Waals surface area (Å²) < 4.78 is 0. The Balaban J connectivity index is 2.24. The monoisotopic (exact) mass is 309 g/mol. The largest absolute Gasteiger partial charge is 0.385 e. The lowest BCUT2D eigenvalue weighted by Crippen LogP contribution is -2.41. The van der Waals surface area contributed by atoms with E-state index in [1.807, 2.05) is 38.1 Å². The van der Waals surface area contributed by atoms with Crippen molar-refractivity contribution in [2.45, 2.75) is 25.8 Å². The molecule has 5 heteroatoms. The number of rotatable bonds is 5.